The van der Waals surface area contributed by atoms with Crippen molar-refractivity contribution in [1.29, 1.82) is 0 Å². The molecule has 9 aromatic carbocycles. The molecular formula is C52H32N2O. The fourth-order valence-electron chi connectivity index (χ4n) is 8.97. The molecule has 3 heteroatoms. The Hall–Kier alpha value is -7.36. The minimum Gasteiger partial charge on any atom is -0.456 e. The topological polar surface area (TPSA) is 23.0 Å². The van der Waals surface area contributed by atoms with Gasteiger partial charge in [0.1, 0.15) is 11.2 Å². The van der Waals surface area contributed by atoms with Gasteiger partial charge in [0.25, 0.3) is 0 Å². The van der Waals surface area contributed by atoms with Crippen LogP contribution in [-0.2, 0) is 0 Å². The summed E-state index contributed by atoms with van der Waals surface area (Å²) >= 11 is 0. The number of rotatable bonds is 4. The molecule has 0 N–H and O–H groups in total. The van der Waals surface area contributed by atoms with E-state index in [1.165, 1.54) is 82.3 Å². The summed E-state index contributed by atoms with van der Waals surface area (Å²) in [6.07, 6.45) is 0. The molecule has 0 aliphatic heterocycles. The zero-order valence-corrected chi connectivity index (χ0v) is 29.8. The third kappa shape index (κ3) is 4.50. The minimum absolute atomic E-state index is 0.904. The highest BCUT2D eigenvalue weighted by Gasteiger charge is 2.18. The van der Waals surface area contributed by atoms with E-state index < -0.39 is 0 Å². The summed E-state index contributed by atoms with van der Waals surface area (Å²) in [6, 6.07) is 70.4. The lowest BCUT2D eigenvalue weighted by molar-refractivity contribution is 0.669. The van der Waals surface area contributed by atoms with Crippen LogP contribution in [0.2, 0.25) is 0 Å². The van der Waals surface area contributed by atoms with Crippen LogP contribution in [0.5, 0.6) is 0 Å². The number of hydrogen-bond acceptors (Lipinski definition) is 1. The van der Waals surface area contributed by atoms with Gasteiger partial charge < -0.3 is 13.6 Å². The van der Waals surface area contributed by atoms with Gasteiger partial charge >= 0.3 is 0 Å². The Morgan fingerprint density at radius 1 is 0.291 bits per heavy atom. The molecule has 0 fully saturated rings. The molecule has 0 atom stereocenters. The second-order valence-corrected chi connectivity index (χ2v) is 14.5. The van der Waals surface area contributed by atoms with Crippen LogP contribution in [0.1, 0.15) is 0 Å². The van der Waals surface area contributed by atoms with Crippen molar-refractivity contribution in [3.63, 3.8) is 0 Å². The molecule has 0 saturated heterocycles. The van der Waals surface area contributed by atoms with Gasteiger partial charge in [0.05, 0.1) is 27.8 Å². The molecule has 3 heterocycles. The molecule has 0 unspecified atom stereocenters. The summed E-state index contributed by atoms with van der Waals surface area (Å²) in [6.45, 7) is 0. The van der Waals surface area contributed by atoms with Crippen LogP contribution in [0.25, 0.3) is 110 Å². The summed E-state index contributed by atoms with van der Waals surface area (Å²) in [5.74, 6) is 0. The summed E-state index contributed by atoms with van der Waals surface area (Å²) in [5.41, 5.74) is 13.7. The molecule has 0 amide bonds. The van der Waals surface area contributed by atoms with Gasteiger partial charge in [-0.3, -0.25) is 0 Å². The molecular weight excluding hydrogens is 669 g/mol. The van der Waals surface area contributed by atoms with Gasteiger partial charge in [0.2, 0.25) is 0 Å². The number of furan rings is 1. The molecule has 0 spiro atoms. The molecule has 0 saturated carbocycles. The maximum Gasteiger partial charge on any atom is 0.135 e. The van der Waals surface area contributed by atoms with E-state index in [4.69, 9.17) is 4.42 Å². The Kier molecular flexibility index (Phi) is 6.34. The molecule has 0 bridgehead atoms. The molecule has 55 heavy (non-hydrogen) atoms. The third-order valence-corrected chi connectivity index (χ3v) is 11.5. The van der Waals surface area contributed by atoms with Gasteiger partial charge in [-0.05, 0) is 100 Å². The van der Waals surface area contributed by atoms with Gasteiger partial charge in [-0.2, -0.15) is 0 Å². The van der Waals surface area contributed by atoms with Crippen LogP contribution >= 0.6 is 0 Å². The number of hydrogen-bond donors (Lipinski definition) is 0. The fraction of sp³-hybridized carbons (Fsp3) is 0. The number of benzene rings is 9. The van der Waals surface area contributed by atoms with Gasteiger partial charge in [0, 0.05) is 43.4 Å². The molecule has 0 radical (unpaired) electrons. The van der Waals surface area contributed by atoms with Gasteiger partial charge in [0.15, 0.2) is 0 Å². The smallest absolute Gasteiger partial charge is 0.135 e. The van der Waals surface area contributed by atoms with Crippen molar-refractivity contribution in [3.8, 4) is 33.6 Å². The Labute approximate surface area is 316 Å². The fourth-order valence-corrected chi connectivity index (χ4v) is 8.97. The maximum absolute atomic E-state index is 6.18. The number of para-hydroxylation sites is 3. The van der Waals surface area contributed by atoms with E-state index in [0.717, 1.165) is 27.6 Å². The average molecular weight is 701 g/mol. The highest BCUT2D eigenvalue weighted by Crippen LogP contribution is 2.41. The van der Waals surface area contributed by atoms with E-state index in [-0.39, 0.29) is 0 Å². The van der Waals surface area contributed by atoms with Crippen LogP contribution in [0, 0.1) is 0 Å². The molecule has 12 aromatic rings. The molecule has 256 valence electrons. The van der Waals surface area contributed by atoms with Crippen molar-refractivity contribution in [3.05, 3.63) is 194 Å². The van der Waals surface area contributed by atoms with E-state index in [9.17, 15) is 0 Å². The summed E-state index contributed by atoms with van der Waals surface area (Å²) in [5, 5.41) is 9.68. The molecule has 0 aliphatic carbocycles. The standard InChI is InChI=1S/C52H32N2O/c1-2-12-33(13-3-1)37-28-36-14-4-5-15-39(36)50(31-37)54-47-20-10-7-17-41(47)44-30-35(23-26-49(44)54)34-22-25-48-43(29-34)40-16-6-9-19-46(40)53(48)38-24-27-52-45(32-38)42-18-8-11-21-51(42)55-52/h1-32H. The molecule has 3 aromatic heterocycles. The molecule has 0 aliphatic rings. The first-order valence-corrected chi connectivity index (χ1v) is 18.8. The zero-order chi connectivity index (χ0) is 36.0. The highest BCUT2D eigenvalue weighted by atomic mass is 16.3. The normalized spacial score (nSPS) is 12.0. The third-order valence-electron chi connectivity index (χ3n) is 11.5. The number of nitrogens with zero attached hydrogens (tertiary/aromatic N) is 2. The SMILES string of the molecule is c1ccc(-c2cc(-n3c4ccccc4c4cc(-c5ccc6c(c5)c5ccccc5n6-c5ccc6oc7ccccc7c6c5)ccc43)c3ccccc3c2)cc1. The predicted molar refractivity (Wildman–Crippen MR) is 231 cm³/mol. The Morgan fingerprint density at radius 3 is 1.60 bits per heavy atom. The second kappa shape index (κ2) is 11.6. The Morgan fingerprint density at radius 2 is 0.855 bits per heavy atom. The summed E-state index contributed by atoms with van der Waals surface area (Å²) in [7, 11) is 0. The van der Waals surface area contributed by atoms with Crippen molar-refractivity contribution >= 4 is 76.3 Å². The van der Waals surface area contributed by atoms with E-state index in [2.05, 4.69) is 191 Å². The van der Waals surface area contributed by atoms with E-state index >= 15 is 0 Å². The predicted octanol–water partition coefficient (Wildman–Crippen LogP) is 14.3. The van der Waals surface area contributed by atoms with Crippen LogP contribution in [0.3, 0.4) is 0 Å². The van der Waals surface area contributed by atoms with Gasteiger partial charge in [-0.25, -0.2) is 0 Å². The van der Waals surface area contributed by atoms with E-state index in [1.807, 2.05) is 12.1 Å². The lowest BCUT2D eigenvalue weighted by atomic mass is 9.99. The lowest BCUT2D eigenvalue weighted by Crippen LogP contribution is -1.96. The van der Waals surface area contributed by atoms with Crippen molar-refractivity contribution in [2.24, 2.45) is 0 Å². The monoisotopic (exact) mass is 700 g/mol. The van der Waals surface area contributed by atoms with Crippen LogP contribution in [-0.4, -0.2) is 9.13 Å². The summed E-state index contributed by atoms with van der Waals surface area (Å²) in [4.78, 5) is 0. The lowest BCUT2D eigenvalue weighted by Gasteiger charge is -2.15. The van der Waals surface area contributed by atoms with Crippen LogP contribution in [0.4, 0.5) is 0 Å². The van der Waals surface area contributed by atoms with Crippen molar-refractivity contribution in [1.82, 2.24) is 9.13 Å². The van der Waals surface area contributed by atoms with E-state index in [1.54, 1.807) is 0 Å². The van der Waals surface area contributed by atoms with Crippen molar-refractivity contribution in [2.75, 3.05) is 0 Å². The Balaban J connectivity index is 1.05. The quantitative estimate of drug-likeness (QED) is 0.179. The first kappa shape index (κ1) is 30.1. The van der Waals surface area contributed by atoms with E-state index in [0.29, 0.717) is 0 Å². The average Bonchev–Trinajstić information content (AvgIpc) is 3.90. The second-order valence-electron chi connectivity index (χ2n) is 14.5. The van der Waals surface area contributed by atoms with Crippen LogP contribution in [0.15, 0.2) is 199 Å². The minimum atomic E-state index is 0.904. The van der Waals surface area contributed by atoms with Gasteiger partial charge in [-0.1, -0.05) is 121 Å². The zero-order valence-electron chi connectivity index (χ0n) is 29.8. The maximum atomic E-state index is 6.18. The highest BCUT2D eigenvalue weighted by molar-refractivity contribution is 6.14. The van der Waals surface area contributed by atoms with Gasteiger partial charge in [-0.15, -0.1) is 0 Å². The largest absolute Gasteiger partial charge is 0.456 e. The molecule has 3 nitrogen and oxygen atoms in total. The number of fused-ring (bicyclic) bond motifs is 10. The van der Waals surface area contributed by atoms with Crippen molar-refractivity contribution in [2.45, 2.75) is 0 Å². The number of aromatic nitrogens is 2. The molecule has 12 rings (SSSR count). The van der Waals surface area contributed by atoms with Crippen molar-refractivity contribution < 1.29 is 4.42 Å². The first-order chi connectivity index (χ1) is 27.3. The van der Waals surface area contributed by atoms with Crippen LogP contribution < -0.4 is 0 Å². The Bertz CT molecular complexity index is 3490. The first-order valence-electron chi connectivity index (χ1n) is 18.8. The summed E-state index contributed by atoms with van der Waals surface area (Å²) < 4.78 is 11.0.